The van der Waals surface area contributed by atoms with Gasteiger partial charge in [0.15, 0.2) is 11.5 Å². The minimum atomic E-state index is -1.37. The van der Waals surface area contributed by atoms with Crippen LogP contribution in [0.3, 0.4) is 0 Å². The second kappa shape index (κ2) is 4.06. The van der Waals surface area contributed by atoms with Gasteiger partial charge in [-0.3, -0.25) is 4.79 Å². The van der Waals surface area contributed by atoms with Crippen molar-refractivity contribution >= 4 is 16.9 Å². The Morgan fingerprint density at radius 3 is 2.56 bits per heavy atom. The van der Waals surface area contributed by atoms with Crippen molar-refractivity contribution in [1.82, 2.24) is 4.57 Å². The summed E-state index contributed by atoms with van der Waals surface area (Å²) in [5.74, 6) is -2.42. The van der Waals surface area contributed by atoms with Gasteiger partial charge >= 0.3 is 5.97 Å². The van der Waals surface area contributed by atoms with Crippen molar-refractivity contribution in [2.24, 2.45) is 0 Å². The van der Waals surface area contributed by atoms with Crippen molar-refractivity contribution in [1.29, 1.82) is 0 Å². The zero-order chi connectivity index (χ0) is 13.4. The van der Waals surface area contributed by atoms with E-state index in [1.807, 2.05) is 0 Å². The molecule has 0 atom stereocenters. The van der Waals surface area contributed by atoms with Crippen LogP contribution in [0.4, 0.5) is 0 Å². The fourth-order valence-corrected chi connectivity index (χ4v) is 1.87. The molecule has 0 radical (unpaired) electrons. The number of aromatic nitrogens is 1. The third-order valence-electron chi connectivity index (χ3n) is 2.77. The molecule has 0 unspecified atom stereocenters. The molecule has 0 saturated heterocycles. The number of phenols is 2. The highest BCUT2D eigenvalue weighted by Crippen LogP contribution is 2.31. The lowest BCUT2D eigenvalue weighted by Crippen LogP contribution is -2.18. The van der Waals surface area contributed by atoms with Crippen LogP contribution in [0.5, 0.6) is 11.5 Å². The number of carbonyl (C=O) groups is 1. The maximum absolute atomic E-state index is 11.9. The molecular weight excluding hydrogens is 238 g/mol. The van der Waals surface area contributed by atoms with Gasteiger partial charge in [-0.05, 0) is 19.1 Å². The first-order valence-electron chi connectivity index (χ1n) is 5.28. The lowest BCUT2D eigenvalue weighted by molar-refractivity contribution is 0.0695. The molecule has 18 heavy (non-hydrogen) atoms. The molecule has 6 nitrogen and oxygen atoms in total. The molecule has 94 valence electrons. The van der Waals surface area contributed by atoms with Crippen LogP contribution in [0.2, 0.25) is 0 Å². The maximum atomic E-state index is 11.9. The van der Waals surface area contributed by atoms with Crippen molar-refractivity contribution in [2.45, 2.75) is 13.5 Å². The summed E-state index contributed by atoms with van der Waals surface area (Å²) in [4.78, 5) is 22.9. The van der Waals surface area contributed by atoms with Crippen LogP contribution in [0, 0.1) is 0 Å². The molecule has 0 bridgehead atoms. The van der Waals surface area contributed by atoms with Gasteiger partial charge < -0.3 is 19.9 Å². The number of carboxylic acids is 1. The molecule has 0 aliphatic rings. The summed E-state index contributed by atoms with van der Waals surface area (Å²) in [6.45, 7) is 2.21. The summed E-state index contributed by atoms with van der Waals surface area (Å²) in [6.07, 6.45) is 1.23. The number of nitrogens with zero attached hydrogens (tertiary/aromatic N) is 1. The minimum Gasteiger partial charge on any atom is -0.504 e. The van der Waals surface area contributed by atoms with Crippen LogP contribution in [-0.4, -0.2) is 25.9 Å². The highest BCUT2D eigenvalue weighted by molar-refractivity contribution is 5.95. The van der Waals surface area contributed by atoms with Crippen molar-refractivity contribution in [3.05, 3.63) is 34.1 Å². The highest BCUT2D eigenvalue weighted by atomic mass is 16.4. The fourth-order valence-electron chi connectivity index (χ4n) is 1.87. The summed E-state index contributed by atoms with van der Waals surface area (Å²) in [7, 11) is 0. The zero-order valence-corrected chi connectivity index (χ0v) is 9.54. The number of aromatic carboxylic acids is 1. The Kier molecular flexibility index (Phi) is 2.70. The molecule has 0 spiro atoms. The Balaban J connectivity index is 3.05. The van der Waals surface area contributed by atoms with Crippen LogP contribution in [-0.2, 0) is 6.54 Å². The number of pyridine rings is 1. The summed E-state index contributed by atoms with van der Waals surface area (Å²) < 4.78 is 1.53. The van der Waals surface area contributed by atoms with E-state index in [1.54, 1.807) is 6.92 Å². The summed E-state index contributed by atoms with van der Waals surface area (Å²) >= 11 is 0. The average molecular weight is 249 g/mol. The Bertz CT molecular complexity index is 702. The normalized spacial score (nSPS) is 10.7. The molecule has 1 aromatic heterocycles. The van der Waals surface area contributed by atoms with E-state index in [0.29, 0.717) is 12.1 Å². The Morgan fingerprint density at radius 2 is 2.00 bits per heavy atom. The first-order valence-corrected chi connectivity index (χ1v) is 5.28. The first-order chi connectivity index (χ1) is 8.47. The predicted molar refractivity (Wildman–Crippen MR) is 64.2 cm³/mol. The van der Waals surface area contributed by atoms with E-state index in [2.05, 4.69) is 0 Å². The van der Waals surface area contributed by atoms with Crippen LogP contribution >= 0.6 is 0 Å². The Hall–Kier alpha value is -2.50. The third kappa shape index (κ3) is 1.58. The van der Waals surface area contributed by atoms with Crippen LogP contribution < -0.4 is 5.43 Å². The van der Waals surface area contributed by atoms with Crippen LogP contribution in [0.15, 0.2) is 23.1 Å². The number of rotatable bonds is 2. The van der Waals surface area contributed by atoms with E-state index < -0.39 is 28.5 Å². The van der Waals surface area contributed by atoms with Crippen molar-refractivity contribution in [2.75, 3.05) is 0 Å². The Morgan fingerprint density at radius 1 is 1.33 bits per heavy atom. The number of hydrogen-bond acceptors (Lipinski definition) is 4. The summed E-state index contributed by atoms with van der Waals surface area (Å²) in [5, 5.41) is 27.9. The van der Waals surface area contributed by atoms with Crippen molar-refractivity contribution in [3.8, 4) is 11.5 Å². The van der Waals surface area contributed by atoms with Gasteiger partial charge in [-0.25, -0.2) is 4.79 Å². The quantitative estimate of drug-likeness (QED) is 0.693. The standard InChI is InChI=1S/C12H11NO5/c1-2-13-5-6(12(17)18)10(15)9-7(13)3-4-8(14)11(9)16/h3-5,14,16H,2H2,1H3,(H,17,18). The number of benzene rings is 1. The number of phenolic OH excluding ortho intramolecular Hbond substituents is 2. The lowest BCUT2D eigenvalue weighted by atomic mass is 10.1. The van der Waals surface area contributed by atoms with Crippen molar-refractivity contribution < 1.29 is 20.1 Å². The number of hydrogen-bond donors (Lipinski definition) is 3. The van der Waals surface area contributed by atoms with Crippen LogP contribution in [0.25, 0.3) is 10.9 Å². The van der Waals surface area contributed by atoms with Crippen molar-refractivity contribution in [3.63, 3.8) is 0 Å². The third-order valence-corrected chi connectivity index (χ3v) is 2.77. The largest absolute Gasteiger partial charge is 0.504 e. The molecule has 0 saturated carbocycles. The number of carboxylic acid groups (broad SMARTS) is 1. The monoisotopic (exact) mass is 249 g/mol. The SMILES string of the molecule is CCn1cc(C(=O)O)c(=O)c2c(O)c(O)ccc21. The number of fused-ring (bicyclic) bond motifs is 1. The van der Waals surface area contributed by atoms with E-state index >= 15 is 0 Å². The van der Waals surface area contributed by atoms with E-state index in [4.69, 9.17) is 5.11 Å². The molecule has 0 aliphatic heterocycles. The Labute approximate surface area is 101 Å². The van der Waals surface area contributed by atoms with E-state index in [0.717, 1.165) is 0 Å². The maximum Gasteiger partial charge on any atom is 0.341 e. The van der Waals surface area contributed by atoms with Gasteiger partial charge in [0.2, 0.25) is 5.43 Å². The molecule has 0 aliphatic carbocycles. The predicted octanol–water partition coefficient (Wildman–Crippen LogP) is 1.13. The molecule has 6 heteroatoms. The molecule has 3 N–H and O–H groups in total. The smallest absolute Gasteiger partial charge is 0.341 e. The topological polar surface area (TPSA) is 99.8 Å². The molecule has 0 amide bonds. The van der Waals surface area contributed by atoms with Gasteiger partial charge in [-0.15, -0.1) is 0 Å². The second-order valence-electron chi connectivity index (χ2n) is 3.79. The van der Waals surface area contributed by atoms with Gasteiger partial charge in [0.25, 0.3) is 0 Å². The van der Waals surface area contributed by atoms with Gasteiger partial charge in [0.05, 0.1) is 10.9 Å². The molecule has 1 heterocycles. The molecule has 1 aromatic carbocycles. The average Bonchev–Trinajstić information content (AvgIpc) is 2.33. The van der Waals surface area contributed by atoms with E-state index in [9.17, 15) is 19.8 Å². The number of aromatic hydroxyl groups is 2. The minimum absolute atomic E-state index is 0.184. The molecule has 0 fully saturated rings. The molecule has 2 aromatic rings. The zero-order valence-electron chi connectivity index (χ0n) is 9.54. The van der Waals surface area contributed by atoms with Crippen LogP contribution in [0.1, 0.15) is 17.3 Å². The summed E-state index contributed by atoms with van der Waals surface area (Å²) in [5.41, 5.74) is -0.872. The van der Waals surface area contributed by atoms with Gasteiger partial charge in [-0.1, -0.05) is 0 Å². The lowest BCUT2D eigenvalue weighted by Gasteiger charge is -2.11. The van der Waals surface area contributed by atoms with Gasteiger partial charge in [0, 0.05) is 12.7 Å². The molecular formula is C12H11NO5. The van der Waals surface area contributed by atoms with E-state index in [-0.39, 0.29) is 5.39 Å². The summed E-state index contributed by atoms with van der Waals surface area (Å²) in [6, 6.07) is 2.71. The second-order valence-corrected chi connectivity index (χ2v) is 3.79. The van der Waals surface area contributed by atoms with Gasteiger partial charge in [-0.2, -0.15) is 0 Å². The van der Waals surface area contributed by atoms with Gasteiger partial charge in [0.1, 0.15) is 5.56 Å². The number of aryl methyl sites for hydroxylation is 1. The first kappa shape index (κ1) is 12.0. The fraction of sp³-hybridized carbons (Fsp3) is 0.167. The highest BCUT2D eigenvalue weighted by Gasteiger charge is 2.18. The van der Waals surface area contributed by atoms with E-state index in [1.165, 1.54) is 22.9 Å². The molecule has 2 rings (SSSR count).